The molecule has 16 nitrogen and oxygen atoms in total. The number of methoxy groups -OCH3 is 3. The van der Waals surface area contributed by atoms with Gasteiger partial charge in [-0.3, -0.25) is 19.2 Å². The van der Waals surface area contributed by atoms with E-state index in [1.807, 2.05) is 58.1 Å². The lowest BCUT2D eigenvalue weighted by atomic mass is 9.78. The van der Waals surface area contributed by atoms with Crippen LogP contribution in [0, 0.1) is 35.5 Å². The second-order valence-corrected chi connectivity index (χ2v) is 20.8. The summed E-state index contributed by atoms with van der Waals surface area (Å²) < 4.78 is 41.3. The van der Waals surface area contributed by atoms with Crippen molar-refractivity contribution in [3.8, 4) is 0 Å². The molecule has 3 fully saturated rings. The number of carbonyl (C=O) groups excluding carboxylic acids is 5. The number of aliphatic hydroxyl groups excluding tert-OH is 2. The number of rotatable bonds is 12. The van der Waals surface area contributed by atoms with Crippen LogP contribution in [0.25, 0.3) is 0 Å². The number of ether oxygens (including phenoxy) is 7. The molecule has 0 aromatic heterocycles. The smallest absolute Gasteiger partial charge is 0.329 e. The maximum Gasteiger partial charge on any atom is 0.329 e. The van der Waals surface area contributed by atoms with Crippen molar-refractivity contribution in [2.75, 3.05) is 54.3 Å². The van der Waals surface area contributed by atoms with E-state index in [1.165, 1.54) is 12.0 Å². The molecule has 1 amide bonds. The predicted molar refractivity (Wildman–Crippen MR) is 267 cm³/mol. The minimum atomic E-state index is -2.46. The zero-order chi connectivity index (χ0) is 52.4. The highest BCUT2D eigenvalue weighted by molar-refractivity contribution is 6.39. The zero-order valence-electron chi connectivity index (χ0n) is 44.3. The lowest BCUT2D eigenvalue weighted by Gasteiger charge is -2.43. The Balaban J connectivity index is 1.71. The highest BCUT2D eigenvalue weighted by Crippen LogP contribution is 2.38. The molecule has 2 saturated heterocycles. The van der Waals surface area contributed by atoms with Crippen LogP contribution in [0.15, 0.2) is 47.6 Å². The second kappa shape index (κ2) is 29.4. The highest BCUT2D eigenvalue weighted by Gasteiger charge is 2.53. The van der Waals surface area contributed by atoms with Gasteiger partial charge in [0.25, 0.3) is 11.7 Å². The van der Waals surface area contributed by atoms with Gasteiger partial charge in [0.2, 0.25) is 5.79 Å². The van der Waals surface area contributed by atoms with Gasteiger partial charge in [-0.15, -0.1) is 0 Å². The number of carbonyl (C=O) groups is 5. The molecule has 4 aliphatic rings. The minimum absolute atomic E-state index is 0.000431. The number of cyclic esters (lactones) is 1. The molecule has 3 heterocycles. The molecule has 1 unspecified atom stereocenters. The first-order chi connectivity index (χ1) is 33.8. The van der Waals surface area contributed by atoms with Crippen LogP contribution in [0.5, 0.6) is 0 Å². The molecule has 3 aliphatic heterocycles. The van der Waals surface area contributed by atoms with Crippen molar-refractivity contribution in [2.45, 2.75) is 180 Å². The summed E-state index contributed by atoms with van der Waals surface area (Å²) in [6.07, 6.45) is 11.7. The van der Waals surface area contributed by atoms with Crippen molar-refractivity contribution in [1.29, 1.82) is 0 Å². The standard InChI is InChI=1S/C55H87NO15/c1-34-16-12-11-13-17-35(2)46(69-27-26-65-8)32-42-21-19-40(7)55(64,71-42)52(61)53(62)56-23-15-14-18-43(56)54(63)70-47(37(4)30-41-20-22-45(68-25-24-57)48(31-41)66-9)33-44(58)36(3)29-39(6)50(60)51(67-10)49(59)38(5)28-34/h11-13,16-17,29,34,36-38,40-43,45-48,50-51,57,60,64H,14-15,18-28,30-33H2,1-10H3/b13-11+,16-12+,35-17+,39-29+/t34-,36-,37-,38-,40-,41+,42+,43?,45-,46+,47+,48-,50-,51+,55-/m1/s1. The van der Waals surface area contributed by atoms with Crippen LogP contribution in [-0.2, 0) is 57.1 Å². The van der Waals surface area contributed by atoms with E-state index >= 15 is 0 Å². The van der Waals surface area contributed by atoms with Crippen LogP contribution in [-0.4, -0.2) is 158 Å². The van der Waals surface area contributed by atoms with E-state index in [0.29, 0.717) is 63.5 Å². The maximum atomic E-state index is 14.5. The van der Waals surface area contributed by atoms with Gasteiger partial charge in [-0.25, -0.2) is 4.79 Å². The quantitative estimate of drug-likeness (QED) is 0.0858. The number of hydrogen-bond donors (Lipinski definition) is 3. The fourth-order valence-electron chi connectivity index (χ4n) is 10.7. The van der Waals surface area contributed by atoms with Gasteiger partial charge >= 0.3 is 5.97 Å². The number of esters is 1. The van der Waals surface area contributed by atoms with Crippen LogP contribution in [0.1, 0.15) is 126 Å². The number of ketones is 3. The summed E-state index contributed by atoms with van der Waals surface area (Å²) in [4.78, 5) is 72.5. The maximum absolute atomic E-state index is 14.5. The molecular weight excluding hydrogens is 915 g/mol. The van der Waals surface area contributed by atoms with Crippen molar-refractivity contribution in [1.82, 2.24) is 4.90 Å². The summed E-state index contributed by atoms with van der Waals surface area (Å²) in [6, 6.07) is -1.16. The van der Waals surface area contributed by atoms with Crippen LogP contribution in [0.4, 0.5) is 0 Å². The Kier molecular flexibility index (Phi) is 24.9. The fraction of sp³-hybridized carbons (Fsp3) is 0.764. The lowest BCUT2D eigenvalue weighted by Crippen LogP contribution is -2.61. The Morgan fingerprint density at radius 2 is 1.58 bits per heavy atom. The molecule has 2 bridgehead atoms. The van der Waals surface area contributed by atoms with E-state index in [0.717, 1.165) is 12.0 Å². The van der Waals surface area contributed by atoms with Crippen molar-refractivity contribution >= 4 is 29.2 Å². The van der Waals surface area contributed by atoms with Gasteiger partial charge in [-0.05, 0) is 107 Å². The first kappa shape index (κ1) is 60.1. The molecule has 4 rings (SSSR count). The van der Waals surface area contributed by atoms with Crippen molar-refractivity contribution in [2.24, 2.45) is 35.5 Å². The molecular formula is C55H87NO15. The van der Waals surface area contributed by atoms with Gasteiger partial charge in [0.05, 0.1) is 50.8 Å². The van der Waals surface area contributed by atoms with E-state index in [2.05, 4.69) is 0 Å². The molecule has 3 N–H and O–H groups in total. The number of allylic oxidation sites excluding steroid dienone is 6. The molecule has 1 saturated carbocycles. The molecule has 402 valence electrons. The lowest BCUT2D eigenvalue weighted by molar-refractivity contribution is -0.266. The van der Waals surface area contributed by atoms with Crippen molar-refractivity contribution in [3.63, 3.8) is 0 Å². The summed E-state index contributed by atoms with van der Waals surface area (Å²) in [6.45, 7) is 13.5. The van der Waals surface area contributed by atoms with Crippen LogP contribution < -0.4 is 0 Å². The third kappa shape index (κ3) is 17.0. The SMILES string of the molecule is COCCO[C@H]1C[C@@H]2CC[C@@H](C)[C@@](O)(O2)C(=O)C(=O)N2CCCCC2C(=O)O[C@H]([C@H](C)C[C@@H]2CC[C@@H](OCCO)[C@H](OC)C2)CC(=O)[C@H](C)/C=C(\C)[C@@H](O)[C@@H](OC)C(=O)[C@H](C)C[C@H](C)/C=C/C=C/C=C/1C. The molecule has 0 spiro atoms. The monoisotopic (exact) mass is 1000 g/mol. The van der Waals surface area contributed by atoms with Crippen molar-refractivity contribution in [3.05, 3.63) is 47.6 Å². The Hall–Kier alpha value is -3.45. The Morgan fingerprint density at radius 3 is 2.27 bits per heavy atom. The zero-order valence-corrected chi connectivity index (χ0v) is 44.3. The summed E-state index contributed by atoms with van der Waals surface area (Å²) in [5.41, 5.74) is 1.24. The molecule has 0 aromatic carbocycles. The number of nitrogens with zero attached hydrogens (tertiary/aromatic N) is 1. The van der Waals surface area contributed by atoms with Gasteiger partial charge in [0.15, 0.2) is 5.78 Å². The largest absolute Gasteiger partial charge is 0.460 e. The van der Waals surface area contributed by atoms with Gasteiger partial charge in [0.1, 0.15) is 30.1 Å². The number of fused-ring (bicyclic) bond motifs is 3. The fourth-order valence-corrected chi connectivity index (χ4v) is 10.7. The van der Waals surface area contributed by atoms with Gasteiger partial charge < -0.3 is 53.4 Å². The number of aliphatic hydroxyl groups is 3. The first-order valence-corrected chi connectivity index (χ1v) is 26.1. The first-order valence-electron chi connectivity index (χ1n) is 26.1. The molecule has 0 aromatic rings. The van der Waals surface area contributed by atoms with Gasteiger partial charge in [-0.2, -0.15) is 0 Å². The topological polar surface area (TPSA) is 214 Å². The Labute approximate surface area is 422 Å². The Bertz CT molecular complexity index is 1860. The average Bonchev–Trinajstić information content (AvgIpc) is 3.35. The molecule has 71 heavy (non-hydrogen) atoms. The van der Waals surface area contributed by atoms with E-state index in [4.69, 9.17) is 33.2 Å². The van der Waals surface area contributed by atoms with E-state index < -0.39 is 77.8 Å². The van der Waals surface area contributed by atoms with Crippen LogP contribution in [0.2, 0.25) is 0 Å². The number of Topliss-reactive ketones (excluding diaryl/α,β-unsaturated/α-hetero) is 3. The Morgan fingerprint density at radius 1 is 0.831 bits per heavy atom. The summed E-state index contributed by atoms with van der Waals surface area (Å²) in [7, 11) is 4.58. The summed E-state index contributed by atoms with van der Waals surface area (Å²) in [5.74, 6) is -8.10. The van der Waals surface area contributed by atoms with Gasteiger partial charge in [-0.1, -0.05) is 71.1 Å². The summed E-state index contributed by atoms with van der Waals surface area (Å²) in [5, 5.41) is 33.0. The average molecular weight is 1000 g/mol. The predicted octanol–water partition coefficient (Wildman–Crippen LogP) is 6.21. The van der Waals surface area contributed by atoms with Crippen LogP contribution >= 0.6 is 0 Å². The summed E-state index contributed by atoms with van der Waals surface area (Å²) >= 11 is 0. The number of amides is 1. The van der Waals surface area contributed by atoms with E-state index in [1.54, 1.807) is 41.1 Å². The second-order valence-electron chi connectivity index (χ2n) is 20.8. The van der Waals surface area contributed by atoms with Crippen molar-refractivity contribution < 1.29 is 72.5 Å². The number of hydrogen-bond acceptors (Lipinski definition) is 15. The number of piperidine rings is 1. The third-order valence-corrected chi connectivity index (χ3v) is 15.2. The molecule has 0 radical (unpaired) electrons. The van der Waals surface area contributed by atoms with Gasteiger partial charge in [0, 0.05) is 58.5 Å². The highest BCUT2D eigenvalue weighted by atomic mass is 16.6. The van der Waals surface area contributed by atoms with E-state index in [-0.39, 0.29) is 87.2 Å². The third-order valence-electron chi connectivity index (χ3n) is 15.2. The molecule has 15 atom stereocenters. The molecule has 1 aliphatic carbocycles. The minimum Gasteiger partial charge on any atom is -0.460 e. The van der Waals surface area contributed by atoms with Crippen LogP contribution in [0.3, 0.4) is 0 Å². The van der Waals surface area contributed by atoms with E-state index in [9.17, 15) is 39.3 Å². The normalized spacial score (nSPS) is 38.0. The molecule has 16 heteroatoms.